The van der Waals surface area contributed by atoms with E-state index in [1.54, 1.807) is 23.1 Å². The molecule has 3 rings (SSSR count). The number of methoxy groups -OCH3 is 1. The van der Waals surface area contributed by atoms with Gasteiger partial charge in [-0.05, 0) is 44.9 Å². The Labute approximate surface area is 161 Å². The van der Waals surface area contributed by atoms with E-state index in [0.29, 0.717) is 34.4 Å². The second-order valence-corrected chi connectivity index (χ2v) is 7.79. The van der Waals surface area contributed by atoms with Crippen LogP contribution >= 0.6 is 22.9 Å². The summed E-state index contributed by atoms with van der Waals surface area (Å²) in [4.78, 5) is 32.7. The van der Waals surface area contributed by atoms with Gasteiger partial charge in [0, 0.05) is 16.4 Å². The van der Waals surface area contributed by atoms with Gasteiger partial charge in [0.25, 0.3) is 5.91 Å². The Kier molecular flexibility index (Phi) is 5.48. The van der Waals surface area contributed by atoms with Crippen LogP contribution in [-0.2, 0) is 4.79 Å². The van der Waals surface area contributed by atoms with Gasteiger partial charge in [0.2, 0.25) is 5.91 Å². The van der Waals surface area contributed by atoms with E-state index in [9.17, 15) is 9.59 Å². The van der Waals surface area contributed by atoms with Gasteiger partial charge >= 0.3 is 0 Å². The number of nitrogens with one attached hydrogen (secondary N) is 1. The highest BCUT2D eigenvalue weighted by Gasteiger charge is 2.36. The lowest BCUT2D eigenvalue weighted by atomic mass is 10.1. The number of aromatic nitrogens is 1. The van der Waals surface area contributed by atoms with Gasteiger partial charge in [-0.3, -0.25) is 9.59 Å². The lowest BCUT2D eigenvalue weighted by Crippen LogP contribution is -2.43. The first-order valence-electron chi connectivity index (χ1n) is 8.30. The molecule has 1 N–H and O–H groups in total. The molecule has 0 saturated carbocycles. The minimum absolute atomic E-state index is 0.217. The third-order valence-electron chi connectivity index (χ3n) is 4.47. The number of rotatable bonds is 4. The van der Waals surface area contributed by atoms with E-state index in [-0.39, 0.29) is 11.8 Å². The highest BCUT2D eigenvalue weighted by molar-refractivity contribution is 7.15. The number of ether oxygens (including phenoxy) is 1. The number of halogens is 1. The molecule has 138 valence electrons. The zero-order valence-electron chi connectivity index (χ0n) is 14.8. The molecule has 2 heterocycles. The van der Waals surface area contributed by atoms with Gasteiger partial charge < -0.3 is 15.0 Å². The number of amides is 2. The fourth-order valence-corrected chi connectivity index (χ4v) is 3.99. The third kappa shape index (κ3) is 3.68. The maximum atomic E-state index is 13.0. The Morgan fingerprint density at radius 3 is 2.81 bits per heavy atom. The quantitative estimate of drug-likeness (QED) is 0.860. The molecule has 2 amide bonds. The molecular formula is C18H20ClN3O3S. The van der Waals surface area contributed by atoms with Crippen molar-refractivity contribution in [2.75, 3.05) is 19.0 Å². The van der Waals surface area contributed by atoms with Crippen molar-refractivity contribution >= 4 is 39.9 Å². The molecule has 1 aromatic carbocycles. The third-order valence-corrected chi connectivity index (χ3v) is 5.69. The maximum absolute atomic E-state index is 13.0. The molecule has 1 aromatic heterocycles. The number of anilines is 1. The van der Waals surface area contributed by atoms with Gasteiger partial charge in [0.05, 0.1) is 18.4 Å². The van der Waals surface area contributed by atoms with Crippen molar-refractivity contribution in [2.24, 2.45) is 0 Å². The lowest BCUT2D eigenvalue weighted by molar-refractivity contribution is -0.119. The van der Waals surface area contributed by atoms with Crippen LogP contribution in [0.1, 0.15) is 33.8 Å². The molecule has 26 heavy (non-hydrogen) atoms. The van der Waals surface area contributed by atoms with E-state index in [1.165, 1.54) is 18.4 Å². The zero-order valence-corrected chi connectivity index (χ0v) is 16.4. The van der Waals surface area contributed by atoms with Crippen molar-refractivity contribution < 1.29 is 14.3 Å². The summed E-state index contributed by atoms with van der Waals surface area (Å²) < 4.78 is 5.27. The van der Waals surface area contributed by atoms with Crippen LogP contribution in [0, 0.1) is 13.8 Å². The van der Waals surface area contributed by atoms with Crippen LogP contribution < -0.4 is 10.1 Å². The first-order valence-corrected chi connectivity index (χ1v) is 9.49. The molecule has 0 bridgehead atoms. The molecular weight excluding hydrogens is 374 g/mol. The minimum atomic E-state index is -0.532. The zero-order chi connectivity index (χ0) is 18.8. The summed E-state index contributed by atoms with van der Waals surface area (Å²) >= 11 is 7.47. The van der Waals surface area contributed by atoms with Crippen LogP contribution in [0.5, 0.6) is 5.75 Å². The SMILES string of the molecule is COc1ccc(Cl)cc1C(=O)N1CCCC1C(=O)Nc1nc(C)c(C)s1. The van der Waals surface area contributed by atoms with Crippen molar-refractivity contribution in [2.45, 2.75) is 32.7 Å². The molecule has 1 unspecified atom stereocenters. The Bertz CT molecular complexity index is 833. The molecule has 0 spiro atoms. The van der Waals surface area contributed by atoms with Crippen LogP contribution in [0.4, 0.5) is 5.13 Å². The van der Waals surface area contributed by atoms with Crippen LogP contribution in [0.2, 0.25) is 5.02 Å². The molecule has 1 atom stereocenters. The van der Waals surface area contributed by atoms with Crippen molar-refractivity contribution in [1.82, 2.24) is 9.88 Å². The van der Waals surface area contributed by atoms with Crippen LogP contribution in [0.15, 0.2) is 18.2 Å². The standard InChI is InChI=1S/C18H20ClN3O3S/c1-10-11(2)26-18(20-10)21-16(23)14-5-4-8-22(14)17(24)13-9-12(19)6-7-15(13)25-3/h6-7,9,14H,4-5,8H2,1-3H3,(H,20,21,23). The monoisotopic (exact) mass is 393 g/mol. The van der Waals surface area contributed by atoms with Gasteiger partial charge in [0.15, 0.2) is 5.13 Å². The number of carbonyl (C=O) groups excluding carboxylic acids is 2. The Balaban J connectivity index is 1.80. The number of aryl methyl sites for hydroxylation is 2. The second kappa shape index (κ2) is 7.63. The van der Waals surface area contributed by atoms with Gasteiger partial charge in [-0.1, -0.05) is 11.6 Å². The van der Waals surface area contributed by atoms with Crippen LogP contribution in [-0.4, -0.2) is 41.4 Å². The smallest absolute Gasteiger partial charge is 0.258 e. The van der Waals surface area contributed by atoms with Gasteiger partial charge in [0.1, 0.15) is 11.8 Å². The van der Waals surface area contributed by atoms with Crippen molar-refractivity contribution in [1.29, 1.82) is 0 Å². The van der Waals surface area contributed by atoms with Crippen LogP contribution in [0.3, 0.4) is 0 Å². The fraction of sp³-hybridized carbons (Fsp3) is 0.389. The summed E-state index contributed by atoms with van der Waals surface area (Å²) in [6.07, 6.45) is 1.38. The number of thiazole rings is 1. The van der Waals surface area contributed by atoms with Crippen molar-refractivity contribution in [3.05, 3.63) is 39.4 Å². The molecule has 1 aliphatic rings. The molecule has 2 aromatic rings. The summed E-state index contributed by atoms with van der Waals surface area (Å²) in [5, 5.41) is 3.85. The minimum Gasteiger partial charge on any atom is -0.496 e. The average Bonchev–Trinajstić information content (AvgIpc) is 3.21. The highest BCUT2D eigenvalue weighted by Crippen LogP contribution is 2.29. The fourth-order valence-electron chi connectivity index (χ4n) is 3.00. The predicted octanol–water partition coefficient (Wildman–Crippen LogP) is 3.67. The number of benzene rings is 1. The Hall–Kier alpha value is -2.12. The molecule has 1 aliphatic heterocycles. The van der Waals surface area contributed by atoms with E-state index in [2.05, 4.69) is 10.3 Å². The molecule has 0 radical (unpaired) electrons. The van der Waals surface area contributed by atoms with Gasteiger partial charge in [-0.2, -0.15) is 0 Å². The summed E-state index contributed by atoms with van der Waals surface area (Å²) in [6.45, 7) is 4.38. The van der Waals surface area contributed by atoms with Crippen molar-refractivity contribution in [3.63, 3.8) is 0 Å². The molecule has 1 fully saturated rings. The maximum Gasteiger partial charge on any atom is 0.258 e. The van der Waals surface area contributed by atoms with Crippen molar-refractivity contribution in [3.8, 4) is 5.75 Å². The molecule has 8 heteroatoms. The number of carbonyl (C=O) groups is 2. The second-order valence-electron chi connectivity index (χ2n) is 6.15. The normalized spacial score (nSPS) is 16.6. The first kappa shape index (κ1) is 18.7. The number of likely N-dealkylation sites (tertiary alicyclic amines) is 1. The number of hydrogen-bond donors (Lipinski definition) is 1. The van der Waals surface area contributed by atoms with Crippen LogP contribution in [0.25, 0.3) is 0 Å². The molecule has 1 saturated heterocycles. The molecule has 6 nitrogen and oxygen atoms in total. The summed E-state index contributed by atoms with van der Waals surface area (Å²) in [5.74, 6) is -0.0317. The van der Waals surface area contributed by atoms with E-state index >= 15 is 0 Å². The molecule has 0 aliphatic carbocycles. The predicted molar refractivity (Wildman–Crippen MR) is 102 cm³/mol. The summed E-state index contributed by atoms with van der Waals surface area (Å²) in [7, 11) is 1.50. The number of nitrogens with zero attached hydrogens (tertiary/aromatic N) is 2. The highest BCUT2D eigenvalue weighted by atomic mass is 35.5. The summed E-state index contributed by atoms with van der Waals surface area (Å²) in [6, 6.07) is 4.36. The number of hydrogen-bond acceptors (Lipinski definition) is 5. The topological polar surface area (TPSA) is 71.5 Å². The summed E-state index contributed by atoms with van der Waals surface area (Å²) in [5.41, 5.74) is 1.26. The van der Waals surface area contributed by atoms with E-state index < -0.39 is 6.04 Å². The van der Waals surface area contributed by atoms with E-state index in [0.717, 1.165) is 17.0 Å². The Morgan fingerprint density at radius 2 is 2.15 bits per heavy atom. The van der Waals surface area contributed by atoms with E-state index in [4.69, 9.17) is 16.3 Å². The Morgan fingerprint density at radius 1 is 1.38 bits per heavy atom. The largest absolute Gasteiger partial charge is 0.496 e. The first-order chi connectivity index (χ1) is 12.4. The van der Waals surface area contributed by atoms with E-state index in [1.807, 2.05) is 13.8 Å². The average molecular weight is 394 g/mol. The van der Waals surface area contributed by atoms with Gasteiger partial charge in [-0.25, -0.2) is 4.98 Å². The lowest BCUT2D eigenvalue weighted by Gasteiger charge is -2.24. The van der Waals surface area contributed by atoms with Gasteiger partial charge in [-0.15, -0.1) is 11.3 Å².